The van der Waals surface area contributed by atoms with Crippen LogP contribution in [0, 0.1) is 19.8 Å². The van der Waals surface area contributed by atoms with Gasteiger partial charge in [0.1, 0.15) is 0 Å². The Morgan fingerprint density at radius 3 is 2.45 bits per heavy atom. The number of rotatable bonds is 3. The minimum atomic E-state index is 0.230. The van der Waals surface area contributed by atoms with Crippen LogP contribution in [0.25, 0.3) is 0 Å². The topological polar surface area (TPSA) is 21.3 Å². The Kier molecular flexibility index (Phi) is 4.42. The summed E-state index contributed by atoms with van der Waals surface area (Å²) in [5, 5.41) is 3.57. The Morgan fingerprint density at radius 2 is 1.75 bits per heavy atom. The predicted molar refractivity (Wildman–Crippen MR) is 83.0 cm³/mol. The molecule has 1 saturated carbocycles. The number of nitrogens with one attached hydrogen (secondary N) is 1. The smallest absolute Gasteiger partial charge is 0.0953 e. The molecule has 0 bridgehead atoms. The van der Waals surface area contributed by atoms with Crippen LogP contribution in [0.5, 0.6) is 0 Å². The van der Waals surface area contributed by atoms with E-state index < -0.39 is 0 Å². The second-order valence-electron chi connectivity index (χ2n) is 6.71. The van der Waals surface area contributed by atoms with Gasteiger partial charge in [0.25, 0.3) is 0 Å². The highest BCUT2D eigenvalue weighted by Crippen LogP contribution is 2.32. The maximum Gasteiger partial charge on any atom is 0.0953 e. The molecule has 1 aliphatic carbocycles. The number of hydrogen-bond donors (Lipinski definition) is 1. The van der Waals surface area contributed by atoms with Crippen molar-refractivity contribution in [3.63, 3.8) is 0 Å². The fraction of sp³-hybridized carbons (Fsp3) is 0.667. The molecule has 1 saturated heterocycles. The van der Waals surface area contributed by atoms with E-state index in [0.717, 1.165) is 19.0 Å². The van der Waals surface area contributed by atoms with Crippen molar-refractivity contribution in [2.24, 2.45) is 5.92 Å². The van der Waals surface area contributed by atoms with Gasteiger partial charge < -0.3 is 10.1 Å². The molecule has 1 aromatic rings. The number of morpholine rings is 1. The van der Waals surface area contributed by atoms with E-state index in [0.29, 0.717) is 6.10 Å². The minimum Gasteiger partial charge on any atom is -0.368 e. The van der Waals surface area contributed by atoms with E-state index in [4.69, 9.17) is 4.74 Å². The Hall–Kier alpha value is -0.860. The third kappa shape index (κ3) is 3.42. The van der Waals surface area contributed by atoms with Crippen LogP contribution in [0.3, 0.4) is 0 Å². The molecular weight excluding hydrogens is 246 g/mol. The van der Waals surface area contributed by atoms with Gasteiger partial charge in [-0.05, 0) is 31.7 Å². The van der Waals surface area contributed by atoms with Crippen molar-refractivity contribution in [1.29, 1.82) is 0 Å². The zero-order valence-electron chi connectivity index (χ0n) is 12.8. The van der Waals surface area contributed by atoms with E-state index in [1.807, 2.05) is 0 Å². The van der Waals surface area contributed by atoms with E-state index in [9.17, 15) is 0 Å². The average Bonchev–Trinajstić information content (AvgIpc) is 2.91. The van der Waals surface area contributed by atoms with E-state index in [-0.39, 0.29) is 6.10 Å². The van der Waals surface area contributed by atoms with E-state index in [2.05, 4.69) is 37.4 Å². The second-order valence-corrected chi connectivity index (χ2v) is 6.71. The van der Waals surface area contributed by atoms with Gasteiger partial charge in [-0.2, -0.15) is 0 Å². The third-order valence-electron chi connectivity index (χ3n) is 4.75. The maximum absolute atomic E-state index is 6.38. The van der Waals surface area contributed by atoms with Crippen molar-refractivity contribution >= 4 is 0 Å². The van der Waals surface area contributed by atoms with E-state index >= 15 is 0 Å². The van der Waals surface area contributed by atoms with Crippen molar-refractivity contribution in [2.75, 3.05) is 13.1 Å². The van der Waals surface area contributed by atoms with Crippen LogP contribution in [0.1, 0.15) is 54.9 Å². The van der Waals surface area contributed by atoms with Crippen molar-refractivity contribution in [2.45, 2.75) is 58.2 Å². The van der Waals surface area contributed by atoms with Gasteiger partial charge in [-0.15, -0.1) is 0 Å². The van der Waals surface area contributed by atoms with Gasteiger partial charge in [-0.1, -0.05) is 55.0 Å². The highest BCUT2D eigenvalue weighted by Gasteiger charge is 2.27. The SMILES string of the molecule is Cc1cc(C)cc(C2CNCC(CC3CCCC3)O2)c1. The Labute approximate surface area is 122 Å². The fourth-order valence-electron chi connectivity index (χ4n) is 3.85. The number of ether oxygens (including phenoxy) is 1. The summed E-state index contributed by atoms with van der Waals surface area (Å²) >= 11 is 0. The van der Waals surface area contributed by atoms with Crippen LogP contribution in [-0.4, -0.2) is 19.2 Å². The largest absolute Gasteiger partial charge is 0.368 e. The lowest BCUT2D eigenvalue weighted by Gasteiger charge is -2.33. The monoisotopic (exact) mass is 273 g/mol. The third-order valence-corrected chi connectivity index (χ3v) is 4.75. The van der Waals surface area contributed by atoms with Gasteiger partial charge in [-0.25, -0.2) is 0 Å². The molecule has 20 heavy (non-hydrogen) atoms. The van der Waals surface area contributed by atoms with Gasteiger partial charge in [0.05, 0.1) is 12.2 Å². The second kappa shape index (κ2) is 6.28. The molecule has 3 rings (SSSR count). The lowest BCUT2D eigenvalue weighted by atomic mass is 9.97. The molecule has 0 radical (unpaired) electrons. The minimum absolute atomic E-state index is 0.230. The highest BCUT2D eigenvalue weighted by atomic mass is 16.5. The first-order chi connectivity index (χ1) is 9.70. The summed E-state index contributed by atoms with van der Waals surface area (Å²) in [6, 6.07) is 6.78. The summed E-state index contributed by atoms with van der Waals surface area (Å²) in [6.45, 7) is 6.31. The Morgan fingerprint density at radius 1 is 1.05 bits per heavy atom. The van der Waals surface area contributed by atoms with Crippen molar-refractivity contribution in [3.05, 3.63) is 34.9 Å². The van der Waals surface area contributed by atoms with Crippen molar-refractivity contribution in [3.8, 4) is 0 Å². The summed E-state index contributed by atoms with van der Waals surface area (Å²) in [5.41, 5.74) is 4.01. The molecule has 2 aliphatic rings. The molecule has 2 heteroatoms. The predicted octanol–water partition coefficient (Wildman–Crippen LogP) is 3.91. The summed E-state index contributed by atoms with van der Waals surface area (Å²) in [7, 11) is 0. The molecule has 2 atom stereocenters. The van der Waals surface area contributed by atoms with Crippen LogP contribution >= 0.6 is 0 Å². The highest BCUT2D eigenvalue weighted by molar-refractivity contribution is 5.30. The molecule has 2 nitrogen and oxygen atoms in total. The van der Waals surface area contributed by atoms with Crippen LogP contribution in [-0.2, 0) is 4.74 Å². The molecule has 1 N–H and O–H groups in total. The molecule has 2 unspecified atom stereocenters. The number of benzene rings is 1. The van der Waals surface area contributed by atoms with Crippen molar-refractivity contribution < 1.29 is 4.74 Å². The molecule has 1 aliphatic heterocycles. The first-order valence-electron chi connectivity index (χ1n) is 8.15. The van der Waals surface area contributed by atoms with Crippen LogP contribution in [0.4, 0.5) is 0 Å². The van der Waals surface area contributed by atoms with Gasteiger partial charge in [0.15, 0.2) is 0 Å². The maximum atomic E-state index is 6.38. The first kappa shape index (κ1) is 14.1. The Bertz CT molecular complexity index is 430. The summed E-state index contributed by atoms with van der Waals surface area (Å²) in [4.78, 5) is 0. The summed E-state index contributed by atoms with van der Waals surface area (Å²) in [5.74, 6) is 0.903. The molecule has 1 aromatic carbocycles. The van der Waals surface area contributed by atoms with Gasteiger partial charge in [-0.3, -0.25) is 0 Å². The lowest BCUT2D eigenvalue weighted by molar-refractivity contribution is -0.0489. The zero-order valence-corrected chi connectivity index (χ0v) is 12.8. The average molecular weight is 273 g/mol. The summed E-state index contributed by atoms with van der Waals surface area (Å²) < 4.78 is 6.38. The Balaban J connectivity index is 1.64. The molecular formula is C18H27NO. The molecule has 1 heterocycles. The normalized spacial score (nSPS) is 27.9. The first-order valence-corrected chi connectivity index (χ1v) is 8.15. The van der Waals surface area contributed by atoms with Crippen LogP contribution in [0.15, 0.2) is 18.2 Å². The fourth-order valence-corrected chi connectivity index (χ4v) is 3.85. The lowest BCUT2D eigenvalue weighted by Crippen LogP contribution is -2.41. The standard InChI is InChI=1S/C18H27NO/c1-13-7-14(2)9-16(8-13)18-12-19-11-17(20-18)10-15-5-3-4-6-15/h7-9,15,17-19H,3-6,10-12H2,1-2H3. The van der Waals surface area contributed by atoms with Gasteiger partial charge in [0, 0.05) is 13.1 Å². The summed E-state index contributed by atoms with van der Waals surface area (Å²) in [6.07, 6.45) is 7.54. The molecule has 110 valence electrons. The number of aryl methyl sites for hydroxylation is 2. The van der Waals surface area contributed by atoms with Crippen molar-refractivity contribution in [1.82, 2.24) is 5.32 Å². The number of hydrogen-bond acceptors (Lipinski definition) is 2. The molecule has 0 aromatic heterocycles. The van der Waals surface area contributed by atoms with E-state index in [1.165, 1.54) is 48.8 Å². The quantitative estimate of drug-likeness (QED) is 0.901. The zero-order chi connectivity index (χ0) is 13.9. The van der Waals surface area contributed by atoms with Crippen LogP contribution < -0.4 is 5.32 Å². The molecule has 0 spiro atoms. The van der Waals surface area contributed by atoms with Gasteiger partial charge >= 0.3 is 0 Å². The van der Waals surface area contributed by atoms with E-state index in [1.54, 1.807) is 0 Å². The molecule has 2 fully saturated rings. The van der Waals surface area contributed by atoms with Crippen LogP contribution in [0.2, 0.25) is 0 Å². The molecule has 0 amide bonds. The van der Waals surface area contributed by atoms with Gasteiger partial charge in [0.2, 0.25) is 0 Å².